The van der Waals surface area contributed by atoms with Crippen molar-refractivity contribution in [2.24, 2.45) is 0 Å². The number of nitrogens with zero attached hydrogens (tertiary/aromatic N) is 4. The Morgan fingerprint density at radius 3 is 2.21 bits per heavy atom. The molecule has 1 aliphatic carbocycles. The Hall–Kier alpha value is -3.51. The van der Waals surface area contributed by atoms with Gasteiger partial charge in [-0.05, 0) is 25.8 Å². The molecule has 10 nitrogen and oxygen atoms in total. The van der Waals surface area contributed by atoms with Crippen LogP contribution in [0.25, 0.3) is 0 Å². The average Bonchev–Trinajstić information content (AvgIpc) is 3.35. The molecule has 1 fully saturated rings. The number of nitrogens with one attached hydrogen (secondary N) is 1. The number of nitro benzene ring substituents is 2. The molecule has 0 saturated heterocycles. The molecule has 1 aliphatic rings. The molecule has 0 spiro atoms. The molecule has 0 bridgehead atoms. The monoisotopic (exact) mass is 413 g/mol. The normalized spacial score (nSPS) is 13.9. The van der Waals surface area contributed by atoms with Gasteiger partial charge < -0.3 is 5.32 Å². The molecule has 2 aromatic rings. The molecule has 1 heterocycles. The number of anilines is 1. The van der Waals surface area contributed by atoms with E-state index in [9.17, 15) is 38.2 Å². The standard InChI is InChI=1S/C16H14F3N5O5/c1-8-11(23(26)27)4-10(5-12(8)24(28)29)20-15(25)7-22-13(9-2-3-9)6-14(21-22)16(17,18)19/h4-6,9H,2-3,7H2,1H3,(H,20,25). The summed E-state index contributed by atoms with van der Waals surface area (Å²) in [6.07, 6.45) is -3.30. The minimum atomic E-state index is -4.66. The topological polar surface area (TPSA) is 133 Å². The zero-order chi connectivity index (χ0) is 21.5. The van der Waals surface area contributed by atoms with Crippen LogP contribution in [0.5, 0.6) is 0 Å². The zero-order valence-corrected chi connectivity index (χ0v) is 14.9. The molecular weight excluding hydrogens is 399 g/mol. The van der Waals surface area contributed by atoms with Crippen LogP contribution >= 0.6 is 0 Å². The fourth-order valence-electron chi connectivity index (χ4n) is 2.88. The molecule has 1 aromatic carbocycles. The second kappa shape index (κ2) is 7.14. The molecule has 0 radical (unpaired) electrons. The third-order valence-electron chi connectivity index (χ3n) is 4.42. The second-order valence-corrected chi connectivity index (χ2v) is 6.59. The van der Waals surface area contributed by atoms with Crippen molar-refractivity contribution in [2.75, 3.05) is 5.32 Å². The fourth-order valence-corrected chi connectivity index (χ4v) is 2.88. The van der Waals surface area contributed by atoms with Gasteiger partial charge in [0.1, 0.15) is 12.1 Å². The Balaban J connectivity index is 1.86. The molecule has 1 aromatic heterocycles. The highest BCUT2D eigenvalue weighted by atomic mass is 19.4. The van der Waals surface area contributed by atoms with E-state index in [1.54, 1.807) is 0 Å². The predicted molar refractivity (Wildman–Crippen MR) is 92.3 cm³/mol. The number of carbonyl (C=O) groups is 1. The summed E-state index contributed by atoms with van der Waals surface area (Å²) in [6, 6.07) is 2.80. The van der Waals surface area contributed by atoms with Crippen LogP contribution < -0.4 is 5.32 Å². The predicted octanol–water partition coefficient (Wildman–Crippen LogP) is 3.54. The SMILES string of the molecule is Cc1c([N+](=O)[O-])cc(NC(=O)Cn2nc(C(F)(F)F)cc2C2CC2)cc1[N+](=O)[O-]. The number of rotatable bonds is 6. The van der Waals surface area contributed by atoms with E-state index in [1.807, 2.05) is 0 Å². The molecule has 1 N–H and O–H groups in total. The molecule has 13 heteroatoms. The van der Waals surface area contributed by atoms with Crippen molar-refractivity contribution >= 4 is 23.0 Å². The zero-order valence-electron chi connectivity index (χ0n) is 14.9. The van der Waals surface area contributed by atoms with Gasteiger partial charge in [-0.25, -0.2) is 0 Å². The summed E-state index contributed by atoms with van der Waals surface area (Å²) in [6.45, 7) is 0.629. The van der Waals surface area contributed by atoms with Crippen LogP contribution in [0.1, 0.15) is 35.7 Å². The molecule has 0 unspecified atom stereocenters. The van der Waals surface area contributed by atoms with Gasteiger partial charge in [0, 0.05) is 23.7 Å². The van der Waals surface area contributed by atoms with Crippen LogP contribution in [0.15, 0.2) is 18.2 Å². The molecule has 29 heavy (non-hydrogen) atoms. The first-order valence-electron chi connectivity index (χ1n) is 8.35. The highest BCUT2D eigenvalue weighted by Gasteiger charge is 2.38. The van der Waals surface area contributed by atoms with Crippen LogP contribution in [0.2, 0.25) is 0 Å². The van der Waals surface area contributed by atoms with Crippen LogP contribution in [-0.4, -0.2) is 25.5 Å². The number of alkyl halides is 3. The molecule has 1 amide bonds. The quantitative estimate of drug-likeness (QED) is 0.569. The van der Waals surface area contributed by atoms with Crippen molar-refractivity contribution in [3.63, 3.8) is 0 Å². The van der Waals surface area contributed by atoms with Gasteiger partial charge in [-0.1, -0.05) is 0 Å². The number of benzene rings is 1. The largest absolute Gasteiger partial charge is 0.435 e. The van der Waals surface area contributed by atoms with Gasteiger partial charge in [-0.2, -0.15) is 18.3 Å². The molecule has 1 saturated carbocycles. The van der Waals surface area contributed by atoms with Crippen LogP contribution in [0.4, 0.5) is 30.2 Å². The lowest BCUT2D eigenvalue weighted by Gasteiger charge is -2.09. The number of carbonyl (C=O) groups excluding carboxylic acids is 1. The van der Waals surface area contributed by atoms with E-state index in [2.05, 4.69) is 10.4 Å². The highest BCUT2D eigenvalue weighted by molar-refractivity contribution is 5.91. The summed E-state index contributed by atoms with van der Waals surface area (Å²) in [5, 5.41) is 27.9. The molecule has 154 valence electrons. The molecule has 0 atom stereocenters. The number of hydrogen-bond acceptors (Lipinski definition) is 6. The van der Waals surface area contributed by atoms with Crippen molar-refractivity contribution in [1.82, 2.24) is 9.78 Å². The Bertz CT molecular complexity index is 978. The molecular formula is C16H14F3N5O5. The maximum absolute atomic E-state index is 12.9. The highest BCUT2D eigenvalue weighted by Crippen LogP contribution is 2.42. The Morgan fingerprint density at radius 1 is 1.21 bits per heavy atom. The Kier molecular flexibility index (Phi) is 4.98. The van der Waals surface area contributed by atoms with E-state index in [-0.39, 0.29) is 22.9 Å². The van der Waals surface area contributed by atoms with E-state index >= 15 is 0 Å². The minimum Gasteiger partial charge on any atom is -0.324 e. The van der Waals surface area contributed by atoms with E-state index in [0.29, 0.717) is 12.8 Å². The summed E-state index contributed by atoms with van der Waals surface area (Å²) in [4.78, 5) is 32.8. The van der Waals surface area contributed by atoms with E-state index in [0.717, 1.165) is 22.9 Å². The van der Waals surface area contributed by atoms with Gasteiger partial charge >= 0.3 is 6.18 Å². The van der Waals surface area contributed by atoms with Crippen molar-refractivity contribution in [2.45, 2.75) is 38.4 Å². The van der Waals surface area contributed by atoms with Crippen molar-refractivity contribution in [1.29, 1.82) is 0 Å². The third kappa shape index (κ3) is 4.33. The minimum absolute atomic E-state index is 0.118. The third-order valence-corrected chi connectivity index (χ3v) is 4.42. The lowest BCUT2D eigenvalue weighted by molar-refractivity contribution is -0.395. The first-order chi connectivity index (χ1) is 13.5. The van der Waals surface area contributed by atoms with Gasteiger partial charge in [0.15, 0.2) is 5.69 Å². The van der Waals surface area contributed by atoms with Crippen LogP contribution in [-0.2, 0) is 17.5 Å². The van der Waals surface area contributed by atoms with Crippen LogP contribution in [0, 0.1) is 27.2 Å². The van der Waals surface area contributed by atoms with Gasteiger partial charge in [0.25, 0.3) is 11.4 Å². The van der Waals surface area contributed by atoms with Crippen molar-refractivity contribution in [3.05, 3.63) is 55.4 Å². The maximum Gasteiger partial charge on any atom is 0.435 e. The number of halogens is 3. The number of nitro groups is 2. The first-order valence-corrected chi connectivity index (χ1v) is 8.35. The first kappa shape index (κ1) is 20.2. The van der Waals surface area contributed by atoms with E-state index in [1.165, 1.54) is 6.92 Å². The summed E-state index contributed by atoms with van der Waals surface area (Å²) < 4.78 is 39.7. The summed E-state index contributed by atoms with van der Waals surface area (Å²) in [7, 11) is 0. The summed E-state index contributed by atoms with van der Waals surface area (Å²) >= 11 is 0. The van der Waals surface area contributed by atoms with Gasteiger partial charge in [-0.15, -0.1) is 0 Å². The smallest absolute Gasteiger partial charge is 0.324 e. The van der Waals surface area contributed by atoms with Gasteiger partial charge in [0.05, 0.1) is 15.5 Å². The van der Waals surface area contributed by atoms with Gasteiger partial charge in [-0.3, -0.25) is 29.7 Å². The summed E-state index contributed by atoms with van der Waals surface area (Å²) in [5.41, 5.74) is -2.37. The molecule has 3 rings (SSSR count). The Labute approximate surface area is 160 Å². The average molecular weight is 413 g/mol. The van der Waals surface area contributed by atoms with Crippen molar-refractivity contribution < 1.29 is 27.8 Å². The van der Waals surface area contributed by atoms with Gasteiger partial charge in [0.2, 0.25) is 5.91 Å². The van der Waals surface area contributed by atoms with E-state index in [4.69, 9.17) is 0 Å². The van der Waals surface area contributed by atoms with Crippen molar-refractivity contribution in [3.8, 4) is 0 Å². The summed E-state index contributed by atoms with van der Waals surface area (Å²) in [5.74, 6) is -0.941. The maximum atomic E-state index is 12.9. The molecule has 0 aliphatic heterocycles. The second-order valence-electron chi connectivity index (χ2n) is 6.59. The lowest BCUT2D eigenvalue weighted by atomic mass is 10.1. The fraction of sp³-hybridized carbons (Fsp3) is 0.375. The van der Waals surface area contributed by atoms with E-state index < -0.39 is 45.5 Å². The van der Waals surface area contributed by atoms with Crippen LogP contribution in [0.3, 0.4) is 0 Å². The lowest BCUT2D eigenvalue weighted by Crippen LogP contribution is -2.21. The number of amides is 1. The Morgan fingerprint density at radius 2 is 1.76 bits per heavy atom. The number of hydrogen-bond donors (Lipinski definition) is 1. The number of aromatic nitrogens is 2.